The molecule has 0 atom stereocenters. The zero-order chi connectivity index (χ0) is 35.1. The van der Waals surface area contributed by atoms with Crippen LogP contribution in [0.3, 0.4) is 0 Å². The molecule has 0 radical (unpaired) electrons. The first-order valence-corrected chi connectivity index (χ1v) is 18.9. The summed E-state index contributed by atoms with van der Waals surface area (Å²) < 4.78 is 18.2. The molecule has 13 rings (SSSR count). The van der Waals surface area contributed by atoms with Gasteiger partial charge < -0.3 is 8.83 Å². The van der Waals surface area contributed by atoms with Crippen LogP contribution in [0, 0.1) is 0 Å². The Labute approximate surface area is 309 Å². The fourth-order valence-corrected chi connectivity index (χ4v) is 10.1. The van der Waals surface area contributed by atoms with Crippen LogP contribution in [0.5, 0.6) is 0 Å². The predicted molar refractivity (Wildman–Crippen MR) is 224 cm³/mol. The van der Waals surface area contributed by atoms with E-state index in [2.05, 4.69) is 138 Å². The highest BCUT2D eigenvalue weighted by molar-refractivity contribution is 7.25. The van der Waals surface area contributed by atoms with Crippen LogP contribution < -0.4 is 0 Å². The summed E-state index contributed by atoms with van der Waals surface area (Å²) in [7, 11) is 0. The third-order valence-electron chi connectivity index (χ3n) is 11.2. The smallest absolute Gasteiger partial charge is 0.235 e. The van der Waals surface area contributed by atoms with Gasteiger partial charge in [-0.05, 0) is 48.5 Å². The number of furan rings is 2. The van der Waals surface area contributed by atoms with Crippen molar-refractivity contribution in [3.8, 4) is 17.2 Å². The fraction of sp³-hybridized carbons (Fsp3) is 0. The Kier molecular flexibility index (Phi) is 5.45. The second-order valence-corrected chi connectivity index (χ2v) is 15.1. The Hall–Kier alpha value is -7.02. The summed E-state index contributed by atoms with van der Waals surface area (Å²) in [4.78, 5) is 10.9. The van der Waals surface area contributed by atoms with Crippen LogP contribution in [-0.4, -0.2) is 14.5 Å². The van der Waals surface area contributed by atoms with Gasteiger partial charge in [-0.15, -0.1) is 11.3 Å². The summed E-state index contributed by atoms with van der Waals surface area (Å²) in [6.45, 7) is 0. The molecule has 8 aromatic carbocycles. The lowest BCUT2D eigenvalue weighted by Gasteiger charge is -2.13. The Morgan fingerprint density at radius 1 is 0.444 bits per heavy atom. The Bertz CT molecular complexity index is 3750. The van der Waals surface area contributed by atoms with E-state index in [1.807, 2.05) is 29.5 Å². The van der Waals surface area contributed by atoms with Crippen molar-refractivity contribution < 1.29 is 8.83 Å². The van der Waals surface area contributed by atoms with Crippen molar-refractivity contribution in [3.05, 3.63) is 152 Å². The van der Waals surface area contributed by atoms with Crippen molar-refractivity contribution in [3.63, 3.8) is 0 Å². The molecule has 0 N–H and O–H groups in total. The quantitative estimate of drug-likeness (QED) is 0.179. The lowest BCUT2D eigenvalue weighted by atomic mass is 9.96. The van der Waals surface area contributed by atoms with E-state index in [4.69, 9.17) is 18.8 Å². The molecule has 5 aromatic heterocycles. The number of fused-ring (bicyclic) bond motifs is 18. The molecule has 0 aliphatic rings. The SMILES string of the molecule is c1ccc2c(-c3ccc4c(c3)sc3ccccc34)nc(-n3c4ccccc4c4c5oc6ccccc6c5c5c(ccc6oc7ccccc7c65)c43)nc2c1. The normalized spacial score (nSPS) is 12.4. The molecule has 0 fully saturated rings. The average Bonchev–Trinajstić information content (AvgIpc) is 3.99. The summed E-state index contributed by atoms with van der Waals surface area (Å²) in [6.07, 6.45) is 0. The van der Waals surface area contributed by atoms with Gasteiger partial charge in [0.05, 0.1) is 27.6 Å². The number of nitrogens with zero attached hydrogens (tertiary/aromatic N) is 3. The van der Waals surface area contributed by atoms with Crippen molar-refractivity contribution >= 4 is 119 Å². The summed E-state index contributed by atoms with van der Waals surface area (Å²) in [5.74, 6) is 0.611. The van der Waals surface area contributed by atoms with Crippen LogP contribution in [0.1, 0.15) is 0 Å². The number of aromatic nitrogens is 3. The largest absolute Gasteiger partial charge is 0.456 e. The number of benzene rings is 8. The maximum Gasteiger partial charge on any atom is 0.235 e. The van der Waals surface area contributed by atoms with Crippen molar-refractivity contribution in [1.82, 2.24) is 14.5 Å². The van der Waals surface area contributed by atoms with E-state index in [1.54, 1.807) is 0 Å². The first-order chi connectivity index (χ1) is 26.8. The maximum absolute atomic E-state index is 6.91. The Morgan fingerprint density at radius 3 is 1.98 bits per heavy atom. The fourth-order valence-electron chi connectivity index (χ4n) is 8.93. The Balaban J connectivity index is 1.22. The number of rotatable bonds is 2. The van der Waals surface area contributed by atoms with E-state index in [1.165, 1.54) is 20.2 Å². The van der Waals surface area contributed by atoms with Crippen LogP contribution in [0.2, 0.25) is 0 Å². The van der Waals surface area contributed by atoms with Crippen molar-refractivity contribution in [1.29, 1.82) is 0 Å². The molecule has 5 heterocycles. The minimum atomic E-state index is 0.611. The average molecular weight is 708 g/mol. The van der Waals surface area contributed by atoms with Crippen LogP contribution in [-0.2, 0) is 0 Å². The predicted octanol–water partition coefficient (Wildman–Crippen LogP) is 13.7. The zero-order valence-electron chi connectivity index (χ0n) is 28.5. The van der Waals surface area contributed by atoms with Crippen LogP contribution in [0.25, 0.3) is 125 Å². The second-order valence-electron chi connectivity index (χ2n) is 14.0. The lowest BCUT2D eigenvalue weighted by Crippen LogP contribution is -2.03. The van der Waals surface area contributed by atoms with Gasteiger partial charge in [0.25, 0.3) is 0 Å². The van der Waals surface area contributed by atoms with Gasteiger partial charge in [0.15, 0.2) is 0 Å². The van der Waals surface area contributed by atoms with E-state index in [9.17, 15) is 0 Å². The molecular weight excluding hydrogens is 683 g/mol. The monoisotopic (exact) mass is 707 g/mol. The number of thiophene rings is 1. The van der Waals surface area contributed by atoms with Gasteiger partial charge in [0, 0.05) is 68.8 Å². The zero-order valence-corrected chi connectivity index (χ0v) is 29.3. The van der Waals surface area contributed by atoms with E-state index >= 15 is 0 Å². The third-order valence-corrected chi connectivity index (χ3v) is 12.3. The first kappa shape index (κ1) is 28.6. The summed E-state index contributed by atoms with van der Waals surface area (Å²) >= 11 is 1.82. The van der Waals surface area contributed by atoms with Crippen LogP contribution in [0.4, 0.5) is 0 Å². The summed E-state index contributed by atoms with van der Waals surface area (Å²) in [5, 5.41) is 12.2. The van der Waals surface area contributed by atoms with Crippen molar-refractivity contribution in [2.75, 3.05) is 0 Å². The van der Waals surface area contributed by atoms with Crippen LogP contribution >= 0.6 is 11.3 Å². The highest BCUT2D eigenvalue weighted by atomic mass is 32.1. The van der Waals surface area contributed by atoms with Crippen LogP contribution in [0.15, 0.2) is 160 Å². The van der Waals surface area contributed by atoms with Crippen molar-refractivity contribution in [2.24, 2.45) is 0 Å². The number of hydrogen-bond acceptors (Lipinski definition) is 5. The van der Waals surface area contributed by atoms with E-state index < -0.39 is 0 Å². The first-order valence-electron chi connectivity index (χ1n) is 18.1. The van der Waals surface area contributed by atoms with E-state index in [0.717, 1.165) is 98.6 Å². The molecule has 0 spiro atoms. The van der Waals surface area contributed by atoms with Gasteiger partial charge in [-0.3, -0.25) is 4.57 Å². The summed E-state index contributed by atoms with van der Waals surface area (Å²) in [6, 6.07) is 53.2. The number of para-hydroxylation sites is 4. The molecular formula is C48H25N3O2S. The molecule has 0 aliphatic heterocycles. The molecule has 0 saturated heterocycles. The van der Waals surface area contributed by atoms with Gasteiger partial charge >= 0.3 is 0 Å². The molecule has 54 heavy (non-hydrogen) atoms. The maximum atomic E-state index is 6.91. The van der Waals surface area contributed by atoms with E-state index in [-0.39, 0.29) is 0 Å². The molecule has 13 aromatic rings. The molecule has 0 amide bonds. The minimum absolute atomic E-state index is 0.611. The molecule has 0 bridgehead atoms. The van der Waals surface area contributed by atoms with E-state index in [0.29, 0.717) is 5.95 Å². The standard InChI is InChI=1S/C48H25N3O2S/c1-6-16-34-29(12-1)45(26-21-22-28-27-11-5-10-20-39(27)54-40(28)25-26)50-48(49-34)51-35-17-7-2-13-30(35)44-46(51)33-23-24-38-41(31-14-3-8-18-36(31)52-38)42(33)43-32-15-4-9-19-37(32)53-47(43)44/h1-25H. The molecule has 250 valence electrons. The highest BCUT2D eigenvalue weighted by Gasteiger charge is 2.26. The van der Waals surface area contributed by atoms with Gasteiger partial charge in [-0.1, -0.05) is 103 Å². The lowest BCUT2D eigenvalue weighted by molar-refractivity contribution is 0.669. The molecule has 0 saturated carbocycles. The molecule has 0 aliphatic carbocycles. The van der Waals surface area contributed by atoms with Gasteiger partial charge in [-0.25, -0.2) is 9.97 Å². The molecule has 6 heteroatoms. The van der Waals surface area contributed by atoms with Gasteiger partial charge in [-0.2, -0.15) is 0 Å². The van der Waals surface area contributed by atoms with Gasteiger partial charge in [0.1, 0.15) is 22.3 Å². The molecule has 5 nitrogen and oxygen atoms in total. The highest BCUT2D eigenvalue weighted by Crippen LogP contribution is 2.49. The Morgan fingerprint density at radius 2 is 1.11 bits per heavy atom. The van der Waals surface area contributed by atoms with Crippen molar-refractivity contribution in [2.45, 2.75) is 0 Å². The second kappa shape index (κ2) is 10.3. The summed E-state index contributed by atoms with van der Waals surface area (Å²) in [5.41, 5.74) is 8.27. The number of hydrogen-bond donors (Lipinski definition) is 0. The topological polar surface area (TPSA) is 57.0 Å². The molecule has 0 unspecified atom stereocenters. The minimum Gasteiger partial charge on any atom is -0.456 e. The van der Waals surface area contributed by atoms with Gasteiger partial charge in [0.2, 0.25) is 5.95 Å². The third kappa shape index (κ3) is 3.67.